The lowest BCUT2D eigenvalue weighted by atomic mass is 9.95. The van der Waals surface area contributed by atoms with Crippen LogP contribution in [-0.2, 0) is 11.2 Å². The van der Waals surface area contributed by atoms with Crippen LogP contribution in [-0.4, -0.2) is 47.7 Å². The molecule has 2 N–H and O–H groups in total. The van der Waals surface area contributed by atoms with Gasteiger partial charge in [0.1, 0.15) is 0 Å². The van der Waals surface area contributed by atoms with Gasteiger partial charge in [-0.25, -0.2) is 0 Å². The fourth-order valence-electron chi connectivity index (χ4n) is 3.00. The lowest BCUT2D eigenvalue weighted by Crippen LogP contribution is -2.44. The van der Waals surface area contributed by atoms with Crippen LogP contribution < -0.4 is 5.32 Å². The molecule has 1 aliphatic rings. The Hall–Kier alpha value is -1.39. The van der Waals surface area contributed by atoms with E-state index in [2.05, 4.69) is 24.1 Å². The lowest BCUT2D eigenvalue weighted by molar-refractivity contribution is -0.127. The van der Waals surface area contributed by atoms with Crippen LogP contribution in [0.25, 0.3) is 0 Å². The van der Waals surface area contributed by atoms with Crippen molar-refractivity contribution in [3.8, 4) is 0 Å². The fourth-order valence-corrected chi connectivity index (χ4v) is 3.00. The molecule has 1 amide bonds. The van der Waals surface area contributed by atoms with Gasteiger partial charge in [-0.15, -0.1) is 0 Å². The second-order valence-corrected chi connectivity index (χ2v) is 6.49. The molecule has 0 aromatic heterocycles. The Bertz CT molecular complexity index is 453. The molecular weight excluding hydrogens is 276 g/mol. The number of hydrogen-bond acceptors (Lipinski definition) is 3. The number of piperidine rings is 1. The van der Waals surface area contributed by atoms with E-state index in [1.54, 1.807) is 0 Å². The molecule has 0 radical (unpaired) electrons. The third kappa shape index (κ3) is 5.11. The Morgan fingerprint density at radius 1 is 1.27 bits per heavy atom. The summed E-state index contributed by atoms with van der Waals surface area (Å²) in [6.07, 6.45) is 1.88. The fraction of sp³-hybridized carbons (Fsp3) is 0.611. The number of carbonyl (C=O) groups is 1. The smallest absolute Gasteiger partial charge is 0.223 e. The minimum atomic E-state index is -0.526. The van der Waals surface area contributed by atoms with E-state index in [-0.39, 0.29) is 11.8 Å². The largest absolute Gasteiger partial charge is 0.391 e. The van der Waals surface area contributed by atoms with Gasteiger partial charge in [0.25, 0.3) is 0 Å². The third-order valence-corrected chi connectivity index (χ3v) is 4.46. The number of carbonyl (C=O) groups excluding carboxylic acids is 1. The van der Waals surface area contributed by atoms with E-state index < -0.39 is 6.10 Å². The summed E-state index contributed by atoms with van der Waals surface area (Å²) >= 11 is 0. The van der Waals surface area contributed by atoms with Gasteiger partial charge in [-0.05, 0) is 45.3 Å². The highest BCUT2D eigenvalue weighted by atomic mass is 16.3. The van der Waals surface area contributed by atoms with Crippen molar-refractivity contribution in [3.05, 3.63) is 35.9 Å². The van der Waals surface area contributed by atoms with Gasteiger partial charge in [0.2, 0.25) is 5.91 Å². The number of nitrogens with one attached hydrogen (secondary N) is 1. The number of aliphatic hydroxyl groups is 1. The van der Waals surface area contributed by atoms with Gasteiger partial charge >= 0.3 is 0 Å². The summed E-state index contributed by atoms with van der Waals surface area (Å²) in [6.45, 7) is 6.70. The first kappa shape index (κ1) is 17.0. The maximum atomic E-state index is 12.2. The van der Waals surface area contributed by atoms with Crippen molar-refractivity contribution in [1.82, 2.24) is 10.2 Å². The molecule has 0 aliphatic carbocycles. The minimum absolute atomic E-state index is 0.0931. The van der Waals surface area contributed by atoms with Gasteiger partial charge in [-0.2, -0.15) is 0 Å². The number of nitrogens with zero attached hydrogens (tertiary/aromatic N) is 1. The summed E-state index contributed by atoms with van der Waals surface area (Å²) in [7, 11) is 0. The lowest BCUT2D eigenvalue weighted by Gasteiger charge is -2.34. The van der Waals surface area contributed by atoms with E-state index in [0.717, 1.165) is 31.5 Å². The van der Waals surface area contributed by atoms with Crippen molar-refractivity contribution in [2.24, 2.45) is 5.92 Å². The summed E-state index contributed by atoms with van der Waals surface area (Å²) in [4.78, 5) is 14.6. The van der Waals surface area contributed by atoms with E-state index in [1.807, 2.05) is 30.3 Å². The number of hydrogen-bond donors (Lipinski definition) is 2. The Morgan fingerprint density at radius 3 is 2.50 bits per heavy atom. The number of benzene rings is 1. The van der Waals surface area contributed by atoms with Crippen LogP contribution >= 0.6 is 0 Å². The zero-order chi connectivity index (χ0) is 15.9. The van der Waals surface area contributed by atoms with Crippen molar-refractivity contribution in [3.63, 3.8) is 0 Å². The molecule has 4 nitrogen and oxygen atoms in total. The Labute approximate surface area is 133 Å². The first-order valence-electron chi connectivity index (χ1n) is 8.30. The van der Waals surface area contributed by atoms with Gasteiger partial charge in [-0.3, -0.25) is 4.79 Å². The molecule has 1 fully saturated rings. The molecule has 0 bridgehead atoms. The summed E-state index contributed by atoms with van der Waals surface area (Å²) in [5, 5.41) is 13.0. The van der Waals surface area contributed by atoms with E-state index in [1.165, 1.54) is 0 Å². The summed E-state index contributed by atoms with van der Waals surface area (Å²) in [6, 6.07) is 10.4. The van der Waals surface area contributed by atoms with Crippen LogP contribution in [0.5, 0.6) is 0 Å². The van der Waals surface area contributed by atoms with E-state index >= 15 is 0 Å². The molecule has 1 aliphatic heterocycles. The molecule has 122 valence electrons. The molecule has 4 heteroatoms. The van der Waals surface area contributed by atoms with Crippen molar-refractivity contribution >= 4 is 5.91 Å². The van der Waals surface area contributed by atoms with Crippen LogP contribution in [0.15, 0.2) is 30.3 Å². The minimum Gasteiger partial charge on any atom is -0.391 e. The van der Waals surface area contributed by atoms with Gasteiger partial charge in [-0.1, -0.05) is 30.3 Å². The van der Waals surface area contributed by atoms with Crippen molar-refractivity contribution < 1.29 is 9.90 Å². The number of amides is 1. The molecule has 1 unspecified atom stereocenters. The molecule has 1 aromatic rings. The van der Waals surface area contributed by atoms with Gasteiger partial charge in [0.05, 0.1) is 6.10 Å². The summed E-state index contributed by atoms with van der Waals surface area (Å²) in [5.74, 6) is 0.189. The average molecular weight is 304 g/mol. The zero-order valence-electron chi connectivity index (χ0n) is 13.7. The van der Waals surface area contributed by atoms with Crippen LogP contribution in [0.4, 0.5) is 0 Å². The highest BCUT2D eigenvalue weighted by Gasteiger charge is 2.26. The second-order valence-electron chi connectivity index (χ2n) is 6.49. The molecule has 0 spiro atoms. The average Bonchev–Trinajstić information content (AvgIpc) is 2.53. The van der Waals surface area contributed by atoms with Gasteiger partial charge in [0, 0.05) is 24.9 Å². The first-order valence-corrected chi connectivity index (χ1v) is 8.30. The number of likely N-dealkylation sites (tertiary alicyclic amines) is 1. The number of aliphatic hydroxyl groups excluding tert-OH is 1. The monoisotopic (exact) mass is 304 g/mol. The van der Waals surface area contributed by atoms with Gasteiger partial charge in [0.15, 0.2) is 0 Å². The maximum absolute atomic E-state index is 12.2. The Balaban J connectivity index is 1.69. The zero-order valence-corrected chi connectivity index (χ0v) is 13.7. The normalized spacial score (nSPS) is 18.4. The molecule has 1 aromatic carbocycles. The molecule has 22 heavy (non-hydrogen) atoms. The third-order valence-electron chi connectivity index (χ3n) is 4.46. The molecule has 0 saturated carbocycles. The van der Waals surface area contributed by atoms with Crippen LogP contribution in [0.3, 0.4) is 0 Å². The Kier molecular flexibility index (Phi) is 6.40. The van der Waals surface area contributed by atoms with Crippen molar-refractivity contribution in [2.75, 3.05) is 19.6 Å². The molecule has 2 rings (SSSR count). The predicted molar refractivity (Wildman–Crippen MR) is 88.6 cm³/mol. The summed E-state index contributed by atoms with van der Waals surface area (Å²) in [5.41, 5.74) is 1.09. The van der Waals surface area contributed by atoms with Crippen LogP contribution in [0, 0.1) is 5.92 Å². The molecule has 1 saturated heterocycles. The van der Waals surface area contributed by atoms with E-state index in [4.69, 9.17) is 0 Å². The highest BCUT2D eigenvalue weighted by molar-refractivity contribution is 5.78. The second kappa shape index (κ2) is 8.30. The van der Waals surface area contributed by atoms with E-state index in [0.29, 0.717) is 19.0 Å². The van der Waals surface area contributed by atoms with Crippen LogP contribution in [0.2, 0.25) is 0 Å². The SMILES string of the molecule is CC(C)N1CCC(C(=O)NCC(O)Cc2ccccc2)CC1. The van der Waals surface area contributed by atoms with Crippen molar-refractivity contribution in [1.29, 1.82) is 0 Å². The molecule has 1 atom stereocenters. The Morgan fingerprint density at radius 2 is 1.91 bits per heavy atom. The number of rotatable bonds is 6. The standard InChI is InChI=1S/C18H28N2O2/c1-14(2)20-10-8-16(9-11-20)18(22)19-13-17(21)12-15-6-4-3-5-7-15/h3-7,14,16-17,21H,8-13H2,1-2H3,(H,19,22). The first-order chi connectivity index (χ1) is 10.6. The van der Waals surface area contributed by atoms with Crippen molar-refractivity contribution in [2.45, 2.75) is 45.3 Å². The topological polar surface area (TPSA) is 52.6 Å². The predicted octanol–water partition coefficient (Wildman–Crippen LogP) is 1.83. The quantitative estimate of drug-likeness (QED) is 0.843. The molecule has 1 heterocycles. The maximum Gasteiger partial charge on any atom is 0.223 e. The highest BCUT2D eigenvalue weighted by Crippen LogP contribution is 2.19. The van der Waals surface area contributed by atoms with Gasteiger partial charge < -0.3 is 15.3 Å². The van der Waals surface area contributed by atoms with E-state index in [9.17, 15) is 9.90 Å². The summed E-state index contributed by atoms with van der Waals surface area (Å²) < 4.78 is 0. The molecular formula is C18H28N2O2. The van der Waals surface area contributed by atoms with Crippen LogP contribution in [0.1, 0.15) is 32.3 Å².